The minimum atomic E-state index is -4.37. The van der Waals surface area contributed by atoms with Crippen LogP contribution in [0.25, 0.3) is 16.9 Å². The minimum absolute atomic E-state index is 0.354. The lowest BCUT2D eigenvalue weighted by Gasteiger charge is -2.06. The molecule has 0 spiro atoms. The van der Waals surface area contributed by atoms with Gasteiger partial charge in [0.15, 0.2) is 0 Å². The fraction of sp³-hybridized carbons (Fsp3) is 0.0769. The van der Waals surface area contributed by atoms with E-state index in [1.807, 2.05) is 0 Å². The summed E-state index contributed by atoms with van der Waals surface area (Å²) in [6.45, 7) is 0. The summed E-state index contributed by atoms with van der Waals surface area (Å²) >= 11 is 0. The number of benzene rings is 1. The highest BCUT2D eigenvalue weighted by molar-refractivity contribution is 5.62. The van der Waals surface area contributed by atoms with Gasteiger partial charge in [-0.05, 0) is 18.2 Å². The van der Waals surface area contributed by atoms with Gasteiger partial charge < -0.3 is 4.98 Å². The summed E-state index contributed by atoms with van der Waals surface area (Å²) < 4.78 is 38.7. The number of aromatic nitrogens is 3. The SMILES string of the molecule is O=c1[nH]ccc2nc(-c3ccc(C(F)(F)F)cc3)cn12. The second kappa shape index (κ2) is 4.22. The first-order valence-electron chi connectivity index (χ1n) is 5.69. The van der Waals surface area contributed by atoms with Crippen LogP contribution in [0.4, 0.5) is 13.2 Å². The van der Waals surface area contributed by atoms with Gasteiger partial charge in [0.2, 0.25) is 0 Å². The van der Waals surface area contributed by atoms with Crippen LogP contribution in [0, 0.1) is 0 Å². The lowest BCUT2D eigenvalue weighted by Crippen LogP contribution is -2.13. The van der Waals surface area contributed by atoms with E-state index in [9.17, 15) is 18.0 Å². The second-order valence-corrected chi connectivity index (χ2v) is 4.21. The molecule has 1 aromatic carbocycles. The highest BCUT2D eigenvalue weighted by atomic mass is 19.4. The molecule has 0 unspecified atom stereocenters. The van der Waals surface area contributed by atoms with Crippen LogP contribution in [0.15, 0.2) is 47.5 Å². The minimum Gasteiger partial charge on any atom is -0.314 e. The van der Waals surface area contributed by atoms with Crippen molar-refractivity contribution in [2.75, 3.05) is 0 Å². The van der Waals surface area contributed by atoms with E-state index < -0.39 is 11.7 Å². The number of hydrogen-bond donors (Lipinski definition) is 1. The van der Waals surface area contributed by atoms with E-state index in [0.717, 1.165) is 12.1 Å². The van der Waals surface area contributed by atoms with E-state index in [2.05, 4.69) is 9.97 Å². The van der Waals surface area contributed by atoms with Crippen LogP contribution in [0.1, 0.15) is 5.56 Å². The van der Waals surface area contributed by atoms with Crippen LogP contribution < -0.4 is 5.69 Å². The summed E-state index contributed by atoms with van der Waals surface area (Å²) in [5.41, 5.74) is 0.316. The number of halogens is 3. The van der Waals surface area contributed by atoms with E-state index in [-0.39, 0.29) is 5.69 Å². The zero-order valence-corrected chi connectivity index (χ0v) is 9.98. The molecule has 102 valence electrons. The number of hydrogen-bond acceptors (Lipinski definition) is 2. The van der Waals surface area contributed by atoms with Crippen molar-refractivity contribution in [3.8, 4) is 11.3 Å². The Balaban J connectivity index is 2.07. The maximum atomic E-state index is 12.5. The number of rotatable bonds is 1. The van der Waals surface area contributed by atoms with Crippen molar-refractivity contribution in [1.82, 2.24) is 14.4 Å². The number of imidazole rings is 1. The highest BCUT2D eigenvalue weighted by Gasteiger charge is 2.30. The first-order valence-corrected chi connectivity index (χ1v) is 5.69. The molecule has 0 bridgehead atoms. The molecule has 4 nitrogen and oxygen atoms in total. The van der Waals surface area contributed by atoms with E-state index in [4.69, 9.17) is 0 Å². The Bertz CT molecular complexity index is 815. The maximum absolute atomic E-state index is 12.5. The molecule has 0 atom stereocenters. The zero-order valence-electron chi connectivity index (χ0n) is 9.98. The number of H-pyrrole nitrogens is 1. The van der Waals surface area contributed by atoms with Crippen LogP contribution in [0.2, 0.25) is 0 Å². The van der Waals surface area contributed by atoms with Crippen molar-refractivity contribution in [2.24, 2.45) is 0 Å². The van der Waals surface area contributed by atoms with Gasteiger partial charge in [-0.2, -0.15) is 13.2 Å². The van der Waals surface area contributed by atoms with Crippen LogP contribution in [-0.2, 0) is 6.18 Å². The third kappa shape index (κ3) is 2.07. The van der Waals surface area contributed by atoms with Crippen molar-refractivity contribution in [1.29, 1.82) is 0 Å². The Hall–Kier alpha value is -2.57. The highest BCUT2D eigenvalue weighted by Crippen LogP contribution is 2.30. The molecule has 0 aliphatic heterocycles. The summed E-state index contributed by atoms with van der Waals surface area (Å²) in [6.07, 6.45) is -1.42. The molecular weight excluding hydrogens is 271 g/mol. The van der Waals surface area contributed by atoms with Gasteiger partial charge in [0.05, 0.1) is 11.3 Å². The average molecular weight is 279 g/mol. The molecular formula is C13H8F3N3O. The molecule has 0 radical (unpaired) electrons. The topological polar surface area (TPSA) is 50.2 Å². The maximum Gasteiger partial charge on any atom is 0.416 e. The van der Waals surface area contributed by atoms with Gasteiger partial charge in [-0.25, -0.2) is 9.78 Å². The molecule has 3 aromatic rings. The van der Waals surface area contributed by atoms with Crippen LogP contribution in [0.3, 0.4) is 0 Å². The van der Waals surface area contributed by atoms with Gasteiger partial charge in [0, 0.05) is 18.0 Å². The smallest absolute Gasteiger partial charge is 0.314 e. The fourth-order valence-corrected chi connectivity index (χ4v) is 1.90. The molecule has 0 saturated carbocycles. The molecule has 20 heavy (non-hydrogen) atoms. The zero-order chi connectivity index (χ0) is 14.3. The summed E-state index contributed by atoms with van der Waals surface area (Å²) in [6, 6.07) is 6.25. The molecule has 0 fully saturated rings. The van der Waals surface area contributed by atoms with Crippen molar-refractivity contribution in [3.05, 3.63) is 58.8 Å². The molecule has 3 rings (SSSR count). The second-order valence-electron chi connectivity index (χ2n) is 4.21. The molecule has 0 amide bonds. The van der Waals surface area contributed by atoms with E-state index >= 15 is 0 Å². The third-order valence-electron chi connectivity index (χ3n) is 2.90. The van der Waals surface area contributed by atoms with Crippen LogP contribution >= 0.6 is 0 Å². The third-order valence-corrected chi connectivity index (χ3v) is 2.90. The normalized spacial score (nSPS) is 11.9. The molecule has 0 aliphatic rings. The summed E-state index contributed by atoms with van der Waals surface area (Å²) in [5, 5.41) is 0. The summed E-state index contributed by atoms with van der Waals surface area (Å²) in [7, 11) is 0. The Kier molecular flexibility index (Phi) is 2.63. The van der Waals surface area contributed by atoms with Crippen molar-refractivity contribution in [3.63, 3.8) is 0 Å². The molecule has 1 N–H and O–H groups in total. The van der Waals surface area contributed by atoms with E-state index in [1.54, 1.807) is 6.07 Å². The van der Waals surface area contributed by atoms with E-state index in [1.165, 1.54) is 28.9 Å². The fourth-order valence-electron chi connectivity index (χ4n) is 1.90. The van der Waals surface area contributed by atoms with Gasteiger partial charge >= 0.3 is 11.9 Å². The first-order chi connectivity index (χ1) is 9.45. The van der Waals surface area contributed by atoms with Gasteiger partial charge in [0.1, 0.15) is 5.65 Å². The molecule has 2 aromatic heterocycles. The predicted octanol–water partition coefficient (Wildman–Crippen LogP) is 2.71. The Labute approximate surface area is 110 Å². The van der Waals surface area contributed by atoms with Crippen molar-refractivity contribution in [2.45, 2.75) is 6.18 Å². The Morgan fingerprint density at radius 2 is 1.80 bits per heavy atom. The van der Waals surface area contributed by atoms with Gasteiger partial charge in [-0.15, -0.1) is 0 Å². The molecule has 0 aliphatic carbocycles. The standard InChI is InChI=1S/C13H8F3N3O/c14-13(15,16)9-3-1-8(2-4-9)10-7-19-11(18-10)5-6-17-12(19)20/h1-7H,(H,17,20). The molecule has 7 heteroatoms. The lowest BCUT2D eigenvalue weighted by molar-refractivity contribution is -0.137. The number of nitrogens with one attached hydrogen (secondary N) is 1. The molecule has 2 heterocycles. The van der Waals surface area contributed by atoms with Gasteiger partial charge in [-0.3, -0.25) is 4.40 Å². The summed E-state index contributed by atoms with van der Waals surface area (Å²) in [4.78, 5) is 18.2. The number of alkyl halides is 3. The summed E-state index contributed by atoms with van der Waals surface area (Å²) in [5.74, 6) is 0. The average Bonchev–Trinajstić information content (AvgIpc) is 2.83. The number of aromatic amines is 1. The first kappa shape index (κ1) is 12.5. The Morgan fingerprint density at radius 3 is 2.40 bits per heavy atom. The monoisotopic (exact) mass is 279 g/mol. The quantitative estimate of drug-likeness (QED) is 0.744. The van der Waals surface area contributed by atoms with Crippen molar-refractivity contribution >= 4 is 5.65 Å². The van der Waals surface area contributed by atoms with Crippen LogP contribution in [-0.4, -0.2) is 14.4 Å². The van der Waals surface area contributed by atoms with Crippen molar-refractivity contribution < 1.29 is 13.2 Å². The van der Waals surface area contributed by atoms with Gasteiger partial charge in [-0.1, -0.05) is 12.1 Å². The largest absolute Gasteiger partial charge is 0.416 e. The molecule has 0 saturated heterocycles. The van der Waals surface area contributed by atoms with Gasteiger partial charge in [0.25, 0.3) is 0 Å². The van der Waals surface area contributed by atoms with Crippen LogP contribution in [0.5, 0.6) is 0 Å². The van der Waals surface area contributed by atoms with E-state index in [0.29, 0.717) is 16.9 Å². The Morgan fingerprint density at radius 1 is 1.10 bits per heavy atom. The number of fused-ring (bicyclic) bond motifs is 1. The number of nitrogens with zero attached hydrogens (tertiary/aromatic N) is 2. The predicted molar refractivity (Wildman–Crippen MR) is 66.3 cm³/mol. The lowest BCUT2D eigenvalue weighted by atomic mass is 10.1.